The summed E-state index contributed by atoms with van der Waals surface area (Å²) in [7, 11) is -4.04. The van der Waals surface area contributed by atoms with Crippen LogP contribution >= 0.6 is 0 Å². The molecule has 0 saturated carbocycles. The summed E-state index contributed by atoms with van der Waals surface area (Å²) >= 11 is 0. The highest BCUT2D eigenvalue weighted by atomic mass is 32.2. The highest BCUT2D eigenvalue weighted by Gasteiger charge is 2.16. The van der Waals surface area contributed by atoms with Crippen LogP contribution in [0.3, 0.4) is 0 Å². The molecule has 1 aromatic carbocycles. The largest absolute Gasteiger partial charge is 0.379 e. The van der Waals surface area contributed by atoms with E-state index in [9.17, 15) is 13.2 Å². The molecule has 0 spiro atoms. The van der Waals surface area contributed by atoms with Gasteiger partial charge in [0.05, 0.1) is 25.6 Å². The smallest absolute Gasteiger partial charge is 0.264 e. The van der Waals surface area contributed by atoms with Crippen LogP contribution in [0.1, 0.15) is 29.3 Å². The monoisotopic (exact) mass is 373 g/mol. The van der Waals surface area contributed by atoms with E-state index >= 15 is 0 Å². The van der Waals surface area contributed by atoms with Gasteiger partial charge in [-0.05, 0) is 32.4 Å². The van der Waals surface area contributed by atoms with Crippen LogP contribution in [0.15, 0.2) is 24.3 Å². The highest BCUT2D eigenvalue weighted by molar-refractivity contribution is 7.85. The molecule has 8 heteroatoms. The summed E-state index contributed by atoms with van der Waals surface area (Å²) in [6.07, 6.45) is 0.162. The van der Waals surface area contributed by atoms with Gasteiger partial charge in [0.1, 0.15) is 0 Å². The molecule has 0 bridgehead atoms. The zero-order valence-electron chi connectivity index (χ0n) is 14.8. The van der Waals surface area contributed by atoms with Crippen molar-refractivity contribution in [3.8, 4) is 0 Å². The van der Waals surface area contributed by atoms with Crippen LogP contribution in [0.5, 0.6) is 0 Å². The number of rotatable bonds is 12. The molecule has 1 N–H and O–H groups in total. The maximum absolute atomic E-state index is 12.6. The summed E-state index contributed by atoms with van der Waals surface area (Å²) in [5.74, 6) is -0.570. The van der Waals surface area contributed by atoms with Gasteiger partial charge in [0, 0.05) is 25.3 Å². The molecule has 0 aromatic heterocycles. The molecule has 0 aliphatic rings. The standard InChI is InChI=1S/C17H27NO6S/c1-3-23-12-13-24-11-10-18(9-4-14-25(20,21)22)17(19)16-7-5-15(2)6-8-16/h5-8H,3-4,9-14H2,1-2H3,(H,20,21,22). The van der Waals surface area contributed by atoms with Crippen LogP contribution in [-0.4, -0.2) is 69.0 Å². The average Bonchev–Trinajstić information content (AvgIpc) is 2.55. The van der Waals surface area contributed by atoms with Crippen molar-refractivity contribution in [3.05, 3.63) is 35.4 Å². The molecule has 25 heavy (non-hydrogen) atoms. The van der Waals surface area contributed by atoms with Crippen molar-refractivity contribution in [2.75, 3.05) is 45.3 Å². The van der Waals surface area contributed by atoms with Gasteiger partial charge < -0.3 is 14.4 Å². The minimum atomic E-state index is -4.04. The Balaban J connectivity index is 2.59. The molecule has 0 aliphatic heterocycles. The van der Waals surface area contributed by atoms with Crippen molar-refractivity contribution in [1.29, 1.82) is 0 Å². The summed E-state index contributed by atoms with van der Waals surface area (Å²) < 4.78 is 41.2. The number of aryl methyl sites for hydroxylation is 1. The number of ether oxygens (including phenoxy) is 2. The van der Waals surface area contributed by atoms with Crippen LogP contribution < -0.4 is 0 Å². The van der Waals surface area contributed by atoms with E-state index in [0.717, 1.165) is 5.56 Å². The van der Waals surface area contributed by atoms with Crippen molar-refractivity contribution >= 4 is 16.0 Å². The minimum absolute atomic E-state index is 0.162. The second-order valence-corrected chi connectivity index (χ2v) is 7.18. The molecule has 0 atom stereocenters. The zero-order valence-corrected chi connectivity index (χ0v) is 15.6. The molecule has 142 valence electrons. The minimum Gasteiger partial charge on any atom is -0.379 e. The van der Waals surface area contributed by atoms with E-state index in [-0.39, 0.29) is 24.6 Å². The maximum atomic E-state index is 12.6. The van der Waals surface area contributed by atoms with E-state index in [1.807, 2.05) is 26.0 Å². The van der Waals surface area contributed by atoms with Gasteiger partial charge in [0.25, 0.3) is 16.0 Å². The Labute approximate surface area is 149 Å². The number of hydrogen-bond acceptors (Lipinski definition) is 5. The third-order valence-corrected chi connectivity index (χ3v) is 4.30. The number of nitrogens with zero attached hydrogens (tertiary/aromatic N) is 1. The van der Waals surface area contributed by atoms with Crippen molar-refractivity contribution in [2.24, 2.45) is 0 Å². The topological polar surface area (TPSA) is 93.1 Å². The van der Waals surface area contributed by atoms with E-state index in [1.54, 1.807) is 12.1 Å². The Bertz CT molecular complexity index is 615. The van der Waals surface area contributed by atoms with Gasteiger partial charge in [-0.15, -0.1) is 0 Å². The van der Waals surface area contributed by atoms with Crippen LogP contribution in [0.25, 0.3) is 0 Å². The predicted octanol–water partition coefficient (Wildman–Crippen LogP) is 1.77. The SMILES string of the molecule is CCOCCOCCN(CCCS(=O)(=O)O)C(=O)c1ccc(C)cc1. The normalized spacial score (nSPS) is 11.5. The lowest BCUT2D eigenvalue weighted by Crippen LogP contribution is -2.35. The van der Waals surface area contributed by atoms with E-state index < -0.39 is 10.1 Å². The quantitative estimate of drug-likeness (QED) is 0.443. The lowest BCUT2D eigenvalue weighted by atomic mass is 10.1. The first-order valence-electron chi connectivity index (χ1n) is 8.30. The summed E-state index contributed by atoms with van der Waals surface area (Å²) in [6, 6.07) is 7.18. The number of benzene rings is 1. The summed E-state index contributed by atoms with van der Waals surface area (Å²) in [5.41, 5.74) is 1.58. The third-order valence-electron chi connectivity index (χ3n) is 3.50. The first kappa shape index (κ1) is 21.6. The molecular weight excluding hydrogens is 346 g/mol. The molecule has 1 rings (SSSR count). The van der Waals surface area contributed by atoms with E-state index in [0.29, 0.717) is 38.5 Å². The second-order valence-electron chi connectivity index (χ2n) is 5.61. The molecule has 0 fully saturated rings. The number of carbonyl (C=O) groups excluding carboxylic acids is 1. The Morgan fingerprint density at radius 1 is 1.08 bits per heavy atom. The molecule has 0 aliphatic carbocycles. The zero-order chi connectivity index (χ0) is 18.7. The third kappa shape index (κ3) is 9.54. The van der Waals surface area contributed by atoms with Gasteiger partial charge in [-0.2, -0.15) is 8.42 Å². The maximum Gasteiger partial charge on any atom is 0.264 e. The lowest BCUT2D eigenvalue weighted by molar-refractivity contribution is 0.0394. The van der Waals surface area contributed by atoms with Gasteiger partial charge in [0.2, 0.25) is 0 Å². The van der Waals surface area contributed by atoms with Crippen LogP contribution in [0.2, 0.25) is 0 Å². The van der Waals surface area contributed by atoms with Crippen LogP contribution in [0.4, 0.5) is 0 Å². The Hall–Kier alpha value is -1.48. The Kier molecular flexibility index (Phi) is 9.66. The van der Waals surface area contributed by atoms with E-state index in [4.69, 9.17) is 14.0 Å². The highest BCUT2D eigenvalue weighted by Crippen LogP contribution is 2.08. The average molecular weight is 373 g/mol. The van der Waals surface area contributed by atoms with Gasteiger partial charge in [-0.25, -0.2) is 0 Å². The lowest BCUT2D eigenvalue weighted by Gasteiger charge is -2.22. The molecule has 0 heterocycles. The molecule has 0 saturated heterocycles. The fourth-order valence-electron chi connectivity index (χ4n) is 2.17. The molecule has 7 nitrogen and oxygen atoms in total. The predicted molar refractivity (Wildman–Crippen MR) is 95.4 cm³/mol. The number of carbonyl (C=O) groups is 1. The Morgan fingerprint density at radius 3 is 2.32 bits per heavy atom. The second kappa shape index (κ2) is 11.2. The molecule has 0 unspecified atom stereocenters. The first-order chi connectivity index (χ1) is 11.8. The van der Waals surface area contributed by atoms with E-state index in [2.05, 4.69) is 0 Å². The molecule has 1 amide bonds. The Morgan fingerprint density at radius 2 is 1.72 bits per heavy atom. The van der Waals surface area contributed by atoms with Crippen molar-refractivity contribution in [2.45, 2.75) is 20.3 Å². The number of amides is 1. The van der Waals surface area contributed by atoms with Crippen molar-refractivity contribution < 1.29 is 27.2 Å². The number of hydrogen-bond donors (Lipinski definition) is 1. The van der Waals surface area contributed by atoms with Gasteiger partial charge >= 0.3 is 0 Å². The van der Waals surface area contributed by atoms with Crippen LogP contribution in [-0.2, 0) is 19.6 Å². The molecular formula is C17H27NO6S. The van der Waals surface area contributed by atoms with Crippen LogP contribution in [0, 0.1) is 6.92 Å². The molecule has 0 radical (unpaired) electrons. The van der Waals surface area contributed by atoms with Gasteiger partial charge in [-0.1, -0.05) is 17.7 Å². The van der Waals surface area contributed by atoms with Crippen molar-refractivity contribution in [3.63, 3.8) is 0 Å². The fourth-order valence-corrected chi connectivity index (χ4v) is 2.66. The van der Waals surface area contributed by atoms with E-state index in [1.165, 1.54) is 4.90 Å². The summed E-state index contributed by atoms with van der Waals surface area (Å²) in [4.78, 5) is 14.1. The fraction of sp³-hybridized carbons (Fsp3) is 0.588. The van der Waals surface area contributed by atoms with Gasteiger partial charge in [-0.3, -0.25) is 9.35 Å². The summed E-state index contributed by atoms with van der Waals surface area (Å²) in [6.45, 7) is 6.28. The van der Waals surface area contributed by atoms with Crippen molar-refractivity contribution in [1.82, 2.24) is 4.90 Å². The van der Waals surface area contributed by atoms with Gasteiger partial charge in [0.15, 0.2) is 0 Å². The summed E-state index contributed by atoms with van der Waals surface area (Å²) in [5, 5.41) is 0. The first-order valence-corrected chi connectivity index (χ1v) is 9.91. The molecule has 1 aromatic rings.